The molecule has 0 spiro atoms. The monoisotopic (exact) mass is 491 g/mol. The van der Waals surface area contributed by atoms with Crippen LogP contribution < -0.4 is 14.8 Å². The van der Waals surface area contributed by atoms with Crippen LogP contribution in [0.25, 0.3) is 0 Å². The van der Waals surface area contributed by atoms with E-state index in [0.29, 0.717) is 24.3 Å². The average molecular weight is 491 g/mol. The zero-order valence-electron chi connectivity index (χ0n) is 19.1. The van der Waals surface area contributed by atoms with Gasteiger partial charge in [-0.1, -0.05) is 30.3 Å². The number of nitrogens with one attached hydrogen (secondary N) is 1. The lowest BCUT2D eigenvalue weighted by atomic mass is 10.1. The Morgan fingerprint density at radius 2 is 1.89 bits per heavy atom. The van der Waals surface area contributed by atoms with Crippen molar-refractivity contribution in [1.82, 2.24) is 10.2 Å². The number of benzene rings is 2. The molecule has 2 aliphatic heterocycles. The zero-order chi connectivity index (χ0) is 25.2. The molecule has 11 heteroatoms. The maximum atomic E-state index is 14.5. The van der Waals surface area contributed by atoms with Crippen LogP contribution in [-0.4, -0.2) is 67.9 Å². The van der Waals surface area contributed by atoms with Gasteiger partial charge in [-0.2, -0.15) is 13.2 Å². The molecular formula is C24H24F3N3O5. The summed E-state index contributed by atoms with van der Waals surface area (Å²) in [5, 5.41) is 1.86. The molecular weight excluding hydrogens is 467 g/mol. The van der Waals surface area contributed by atoms with Gasteiger partial charge in [0.05, 0.1) is 26.9 Å². The van der Waals surface area contributed by atoms with Gasteiger partial charge >= 0.3 is 11.8 Å². The maximum absolute atomic E-state index is 14.5. The van der Waals surface area contributed by atoms with E-state index in [4.69, 9.17) is 14.2 Å². The molecule has 1 N–H and O–H groups in total. The number of aliphatic imine (C=N–C) groups is 1. The van der Waals surface area contributed by atoms with Gasteiger partial charge in [0.2, 0.25) is 0 Å². The molecule has 0 aliphatic carbocycles. The van der Waals surface area contributed by atoms with E-state index in [1.54, 1.807) is 30.3 Å². The van der Waals surface area contributed by atoms with Crippen molar-refractivity contribution >= 4 is 17.6 Å². The fourth-order valence-corrected chi connectivity index (χ4v) is 4.08. The highest BCUT2D eigenvalue weighted by atomic mass is 19.4. The number of methoxy groups -OCH3 is 2. The van der Waals surface area contributed by atoms with Gasteiger partial charge in [0.25, 0.3) is 11.8 Å². The molecule has 2 aromatic rings. The Morgan fingerprint density at radius 3 is 2.49 bits per heavy atom. The van der Waals surface area contributed by atoms with Gasteiger partial charge < -0.3 is 19.5 Å². The van der Waals surface area contributed by atoms with Crippen molar-refractivity contribution in [1.29, 1.82) is 0 Å². The Morgan fingerprint density at radius 1 is 1.17 bits per heavy atom. The quantitative estimate of drug-likeness (QED) is 0.643. The maximum Gasteiger partial charge on any atom is 0.442 e. The van der Waals surface area contributed by atoms with E-state index in [1.165, 1.54) is 32.4 Å². The summed E-state index contributed by atoms with van der Waals surface area (Å²) in [6.07, 6.45) is -4.31. The molecule has 1 fully saturated rings. The third-order valence-corrected chi connectivity index (χ3v) is 5.88. The predicted octanol–water partition coefficient (Wildman–Crippen LogP) is 3.16. The number of hydrogen-bond acceptors (Lipinski definition) is 6. The van der Waals surface area contributed by atoms with Crippen LogP contribution in [0.4, 0.5) is 13.2 Å². The number of carbonyl (C=O) groups is 2. The Bertz CT molecular complexity index is 1130. The van der Waals surface area contributed by atoms with Crippen LogP contribution in [0.3, 0.4) is 0 Å². The highest BCUT2D eigenvalue weighted by molar-refractivity contribution is 6.16. The second-order valence-corrected chi connectivity index (χ2v) is 8.08. The molecule has 186 valence electrons. The van der Waals surface area contributed by atoms with Crippen molar-refractivity contribution in [2.75, 3.05) is 27.4 Å². The van der Waals surface area contributed by atoms with Crippen LogP contribution in [0.2, 0.25) is 0 Å². The molecule has 2 unspecified atom stereocenters. The van der Waals surface area contributed by atoms with Gasteiger partial charge in [0.15, 0.2) is 11.5 Å². The molecule has 35 heavy (non-hydrogen) atoms. The van der Waals surface area contributed by atoms with Crippen LogP contribution in [0.1, 0.15) is 28.8 Å². The van der Waals surface area contributed by atoms with E-state index in [1.807, 2.05) is 5.32 Å². The normalized spacial score (nSPS) is 22.2. The first-order valence-electron chi connectivity index (χ1n) is 10.9. The molecule has 2 aromatic carbocycles. The SMILES string of the molecule is COc1ccc(C(=O)NC2(C(F)(F)F)N=C(c3ccccc3)N(CC3CCCO3)C2=O)cc1OC. The van der Waals surface area contributed by atoms with E-state index >= 15 is 0 Å². The largest absolute Gasteiger partial charge is 0.493 e. The molecule has 2 amide bonds. The molecule has 0 bridgehead atoms. The average Bonchev–Trinajstić information content (AvgIpc) is 3.46. The van der Waals surface area contributed by atoms with Crippen LogP contribution in [0, 0.1) is 0 Å². The van der Waals surface area contributed by atoms with Gasteiger partial charge in [-0.05, 0) is 31.0 Å². The smallest absolute Gasteiger partial charge is 0.442 e. The molecule has 0 aromatic heterocycles. The van der Waals surface area contributed by atoms with Crippen LogP contribution in [0.5, 0.6) is 11.5 Å². The number of ether oxygens (including phenoxy) is 3. The Balaban J connectivity index is 1.75. The van der Waals surface area contributed by atoms with Crippen molar-refractivity contribution in [3.05, 3.63) is 59.7 Å². The van der Waals surface area contributed by atoms with Crippen molar-refractivity contribution in [2.45, 2.75) is 30.8 Å². The summed E-state index contributed by atoms with van der Waals surface area (Å²) in [6, 6.07) is 11.9. The second kappa shape index (κ2) is 9.57. The van der Waals surface area contributed by atoms with Crippen LogP contribution >= 0.6 is 0 Å². The minimum absolute atomic E-state index is 0.114. The predicted molar refractivity (Wildman–Crippen MR) is 119 cm³/mol. The number of hydrogen-bond donors (Lipinski definition) is 1. The summed E-state index contributed by atoms with van der Waals surface area (Å²) >= 11 is 0. The first-order valence-corrected chi connectivity index (χ1v) is 10.9. The van der Waals surface area contributed by atoms with E-state index in [9.17, 15) is 22.8 Å². The fourth-order valence-electron chi connectivity index (χ4n) is 4.08. The molecule has 2 aliphatic rings. The Hall–Kier alpha value is -3.60. The fraction of sp³-hybridized carbons (Fsp3) is 0.375. The summed E-state index contributed by atoms with van der Waals surface area (Å²) in [6.45, 7) is 0.349. The lowest BCUT2D eigenvalue weighted by molar-refractivity contribution is -0.196. The first-order chi connectivity index (χ1) is 16.7. The van der Waals surface area contributed by atoms with E-state index in [2.05, 4.69) is 4.99 Å². The standard InChI is InChI=1S/C24H24F3N3O5/c1-33-18-11-10-16(13-19(18)34-2)21(31)29-23(24(25,26)27)22(32)30(14-17-9-6-12-35-17)20(28-23)15-7-4-3-5-8-15/h3-5,7-8,10-11,13,17H,6,9,12,14H2,1-2H3,(H,29,31). The van der Waals surface area contributed by atoms with E-state index in [-0.39, 0.29) is 23.7 Å². The number of halogens is 3. The highest BCUT2D eigenvalue weighted by Crippen LogP contribution is 2.39. The zero-order valence-corrected chi connectivity index (χ0v) is 19.1. The molecule has 0 radical (unpaired) electrons. The summed E-state index contributed by atoms with van der Waals surface area (Å²) < 4.78 is 59.4. The third kappa shape index (κ3) is 4.55. The van der Waals surface area contributed by atoms with E-state index in [0.717, 1.165) is 11.3 Å². The Kier molecular flexibility index (Phi) is 6.70. The number of alkyl halides is 3. The molecule has 4 rings (SSSR count). The van der Waals surface area contributed by atoms with Gasteiger partial charge in [-0.25, -0.2) is 4.99 Å². The second-order valence-electron chi connectivity index (χ2n) is 8.08. The molecule has 2 heterocycles. The first kappa shape index (κ1) is 24.5. The molecule has 8 nitrogen and oxygen atoms in total. The number of carbonyl (C=O) groups excluding carboxylic acids is 2. The van der Waals surface area contributed by atoms with Gasteiger partial charge in [-0.15, -0.1) is 0 Å². The topological polar surface area (TPSA) is 89.5 Å². The molecule has 0 saturated carbocycles. The molecule has 2 atom stereocenters. The minimum atomic E-state index is -5.22. The lowest BCUT2D eigenvalue weighted by Gasteiger charge is -2.30. The van der Waals surface area contributed by atoms with Crippen molar-refractivity contribution < 1.29 is 37.0 Å². The molecule has 1 saturated heterocycles. The number of nitrogens with zero attached hydrogens (tertiary/aromatic N) is 2. The number of amidine groups is 1. The van der Waals surface area contributed by atoms with Gasteiger partial charge in [0.1, 0.15) is 5.84 Å². The lowest BCUT2D eigenvalue weighted by Crippen LogP contribution is -2.63. The highest BCUT2D eigenvalue weighted by Gasteiger charge is 2.67. The van der Waals surface area contributed by atoms with Crippen LogP contribution in [0.15, 0.2) is 53.5 Å². The summed E-state index contributed by atoms with van der Waals surface area (Å²) in [5.74, 6) is -2.29. The number of amides is 2. The van der Waals surface area contributed by atoms with Crippen molar-refractivity contribution in [3.8, 4) is 11.5 Å². The van der Waals surface area contributed by atoms with Crippen molar-refractivity contribution in [3.63, 3.8) is 0 Å². The third-order valence-electron chi connectivity index (χ3n) is 5.88. The summed E-state index contributed by atoms with van der Waals surface area (Å²) in [5.41, 5.74) is -3.35. The number of rotatable bonds is 7. The van der Waals surface area contributed by atoms with Crippen LogP contribution in [-0.2, 0) is 9.53 Å². The van der Waals surface area contributed by atoms with Gasteiger partial charge in [0, 0.05) is 17.7 Å². The summed E-state index contributed by atoms with van der Waals surface area (Å²) in [4.78, 5) is 31.2. The van der Waals surface area contributed by atoms with Crippen molar-refractivity contribution in [2.24, 2.45) is 4.99 Å². The Labute approximate surface area is 199 Å². The summed E-state index contributed by atoms with van der Waals surface area (Å²) in [7, 11) is 2.71. The minimum Gasteiger partial charge on any atom is -0.493 e. The van der Waals surface area contributed by atoms with E-state index < -0.39 is 29.8 Å². The van der Waals surface area contributed by atoms with Gasteiger partial charge in [-0.3, -0.25) is 14.5 Å².